The van der Waals surface area contributed by atoms with Gasteiger partial charge in [0.2, 0.25) is 10.0 Å². The number of carbonyl (C=O) groups is 2. The van der Waals surface area contributed by atoms with E-state index in [-0.39, 0.29) is 17.4 Å². The molecule has 2 aromatic carbocycles. The summed E-state index contributed by atoms with van der Waals surface area (Å²) in [6.45, 7) is 1.93. The molecule has 0 atom stereocenters. The highest BCUT2D eigenvalue weighted by Gasteiger charge is 2.25. The first-order valence-corrected chi connectivity index (χ1v) is 13.2. The van der Waals surface area contributed by atoms with Crippen molar-refractivity contribution in [1.29, 1.82) is 0 Å². The third-order valence-electron chi connectivity index (χ3n) is 6.32. The summed E-state index contributed by atoms with van der Waals surface area (Å²) in [4.78, 5) is 26.5. The van der Waals surface area contributed by atoms with Gasteiger partial charge in [-0.1, -0.05) is 49.2 Å². The van der Waals surface area contributed by atoms with E-state index in [2.05, 4.69) is 6.07 Å². The van der Waals surface area contributed by atoms with E-state index in [0.717, 1.165) is 37.7 Å². The average Bonchev–Trinajstić information content (AvgIpc) is 3.16. The minimum atomic E-state index is -3.51. The van der Waals surface area contributed by atoms with E-state index in [9.17, 15) is 18.0 Å². The Bertz CT molecular complexity index is 1150. The molecule has 0 aliphatic carbocycles. The molecule has 2 aromatic rings. The average molecular weight is 483 g/mol. The molecule has 34 heavy (non-hydrogen) atoms. The first kappa shape index (κ1) is 24.2. The smallest absolute Gasteiger partial charge is 0.331 e. The predicted molar refractivity (Wildman–Crippen MR) is 129 cm³/mol. The molecule has 0 radical (unpaired) electrons. The van der Waals surface area contributed by atoms with Crippen molar-refractivity contribution in [2.75, 3.05) is 26.2 Å². The molecule has 7 nitrogen and oxygen atoms in total. The molecule has 0 spiro atoms. The fraction of sp³-hybridized carbons (Fsp3) is 0.385. The van der Waals surface area contributed by atoms with Crippen LogP contribution in [-0.2, 0) is 37.3 Å². The van der Waals surface area contributed by atoms with Crippen LogP contribution in [0.4, 0.5) is 0 Å². The van der Waals surface area contributed by atoms with Crippen LogP contribution in [0.5, 0.6) is 0 Å². The van der Waals surface area contributed by atoms with Gasteiger partial charge in [-0.15, -0.1) is 0 Å². The minimum absolute atomic E-state index is 0.223. The number of rotatable bonds is 6. The second kappa shape index (κ2) is 11.0. The molecule has 2 heterocycles. The first-order chi connectivity index (χ1) is 16.4. The van der Waals surface area contributed by atoms with Gasteiger partial charge in [-0.2, -0.15) is 4.31 Å². The van der Waals surface area contributed by atoms with Crippen molar-refractivity contribution in [2.24, 2.45) is 0 Å². The van der Waals surface area contributed by atoms with E-state index >= 15 is 0 Å². The van der Waals surface area contributed by atoms with E-state index in [1.54, 1.807) is 39.5 Å². The fourth-order valence-corrected chi connectivity index (χ4v) is 5.84. The van der Waals surface area contributed by atoms with Crippen molar-refractivity contribution in [2.45, 2.75) is 43.5 Å². The van der Waals surface area contributed by atoms with Gasteiger partial charge in [0.05, 0.1) is 4.90 Å². The van der Waals surface area contributed by atoms with Gasteiger partial charge in [-0.05, 0) is 54.2 Å². The van der Waals surface area contributed by atoms with E-state index in [0.29, 0.717) is 31.7 Å². The van der Waals surface area contributed by atoms with Crippen molar-refractivity contribution in [3.05, 3.63) is 71.3 Å². The van der Waals surface area contributed by atoms with Crippen LogP contribution in [0.25, 0.3) is 6.08 Å². The van der Waals surface area contributed by atoms with E-state index in [1.165, 1.54) is 11.6 Å². The molecule has 0 bridgehead atoms. The summed E-state index contributed by atoms with van der Waals surface area (Å²) in [5.41, 5.74) is 3.04. The topological polar surface area (TPSA) is 84.0 Å². The van der Waals surface area contributed by atoms with Crippen molar-refractivity contribution >= 4 is 28.0 Å². The number of ether oxygens (including phenoxy) is 1. The highest BCUT2D eigenvalue weighted by atomic mass is 32.2. The monoisotopic (exact) mass is 482 g/mol. The summed E-state index contributed by atoms with van der Waals surface area (Å²) in [5.74, 6) is -0.841. The summed E-state index contributed by atoms with van der Waals surface area (Å²) in [6, 6.07) is 14.5. The number of carbonyl (C=O) groups excluding carboxylic acids is 2. The quantitative estimate of drug-likeness (QED) is 0.466. The number of esters is 1. The molecular weight excluding hydrogens is 452 g/mol. The van der Waals surface area contributed by atoms with Gasteiger partial charge in [0, 0.05) is 32.3 Å². The molecule has 2 aliphatic heterocycles. The molecule has 0 saturated carbocycles. The van der Waals surface area contributed by atoms with Crippen LogP contribution in [0.3, 0.4) is 0 Å². The lowest BCUT2D eigenvalue weighted by Crippen LogP contribution is -2.38. The number of benzene rings is 2. The Morgan fingerprint density at radius 3 is 2.26 bits per heavy atom. The maximum absolute atomic E-state index is 12.9. The Hall–Kier alpha value is -2.97. The highest BCUT2D eigenvalue weighted by Crippen LogP contribution is 2.21. The maximum atomic E-state index is 12.9. The number of nitrogens with zero attached hydrogens (tertiary/aromatic N) is 2. The third kappa shape index (κ3) is 5.93. The molecule has 8 heteroatoms. The van der Waals surface area contributed by atoms with Crippen LogP contribution >= 0.6 is 0 Å². The molecule has 180 valence electrons. The van der Waals surface area contributed by atoms with Crippen molar-refractivity contribution < 1.29 is 22.7 Å². The van der Waals surface area contributed by atoms with Gasteiger partial charge in [0.1, 0.15) is 0 Å². The van der Waals surface area contributed by atoms with Gasteiger partial charge >= 0.3 is 5.97 Å². The first-order valence-electron chi connectivity index (χ1n) is 11.7. The minimum Gasteiger partial charge on any atom is -0.452 e. The number of sulfonamides is 1. The lowest BCUT2D eigenvalue weighted by molar-refractivity contribution is -0.148. The zero-order valence-corrected chi connectivity index (χ0v) is 20.0. The van der Waals surface area contributed by atoms with E-state index in [1.807, 2.05) is 18.2 Å². The second-order valence-corrected chi connectivity index (χ2v) is 10.6. The third-order valence-corrected chi connectivity index (χ3v) is 8.23. The van der Waals surface area contributed by atoms with Crippen molar-refractivity contribution in [3.8, 4) is 0 Å². The lowest BCUT2D eigenvalue weighted by Gasteiger charge is -2.28. The summed E-state index contributed by atoms with van der Waals surface area (Å²) >= 11 is 0. The Morgan fingerprint density at radius 2 is 1.56 bits per heavy atom. The van der Waals surface area contributed by atoms with Crippen LogP contribution < -0.4 is 0 Å². The van der Waals surface area contributed by atoms with Gasteiger partial charge in [-0.3, -0.25) is 4.79 Å². The molecule has 4 rings (SSSR count). The molecule has 1 amide bonds. The van der Waals surface area contributed by atoms with Crippen LogP contribution in [0, 0.1) is 0 Å². The summed E-state index contributed by atoms with van der Waals surface area (Å²) in [7, 11) is -3.51. The van der Waals surface area contributed by atoms with Gasteiger partial charge < -0.3 is 9.64 Å². The Labute approximate surface area is 201 Å². The molecule has 1 saturated heterocycles. The molecule has 0 unspecified atom stereocenters. The van der Waals surface area contributed by atoms with Crippen molar-refractivity contribution in [3.63, 3.8) is 0 Å². The fourth-order valence-electron chi connectivity index (χ4n) is 4.33. The van der Waals surface area contributed by atoms with Crippen LogP contribution in [0.2, 0.25) is 0 Å². The summed E-state index contributed by atoms with van der Waals surface area (Å²) in [6.07, 6.45) is 7.47. The van der Waals surface area contributed by atoms with Gasteiger partial charge in [0.25, 0.3) is 5.91 Å². The van der Waals surface area contributed by atoms with E-state index in [4.69, 9.17) is 4.74 Å². The highest BCUT2D eigenvalue weighted by molar-refractivity contribution is 7.89. The van der Waals surface area contributed by atoms with Crippen molar-refractivity contribution in [1.82, 2.24) is 9.21 Å². The molecule has 1 fully saturated rings. The Balaban J connectivity index is 1.28. The molecule has 0 N–H and O–H groups in total. The zero-order valence-electron chi connectivity index (χ0n) is 19.2. The molecule has 0 aromatic heterocycles. The van der Waals surface area contributed by atoms with Gasteiger partial charge in [-0.25, -0.2) is 13.2 Å². The Morgan fingerprint density at radius 1 is 0.882 bits per heavy atom. The van der Waals surface area contributed by atoms with Crippen LogP contribution in [-0.4, -0.2) is 55.7 Å². The molecule has 2 aliphatic rings. The van der Waals surface area contributed by atoms with Crippen LogP contribution in [0.1, 0.15) is 42.4 Å². The normalized spacial score (nSPS) is 17.2. The second-order valence-electron chi connectivity index (χ2n) is 8.66. The van der Waals surface area contributed by atoms with Gasteiger partial charge in [0.15, 0.2) is 6.61 Å². The largest absolute Gasteiger partial charge is 0.452 e. The molecular formula is C26H30N2O5S. The predicted octanol–water partition coefficient (Wildman–Crippen LogP) is 3.39. The summed E-state index contributed by atoms with van der Waals surface area (Å²) < 4.78 is 32.4. The lowest BCUT2D eigenvalue weighted by atomic mass is 10.00. The number of hydrogen-bond donors (Lipinski definition) is 0. The summed E-state index contributed by atoms with van der Waals surface area (Å²) in [5, 5.41) is 0. The van der Waals surface area contributed by atoms with E-state index < -0.39 is 16.0 Å². The number of fused-ring (bicyclic) bond motifs is 1. The zero-order chi connectivity index (χ0) is 24.0. The maximum Gasteiger partial charge on any atom is 0.331 e. The number of hydrogen-bond acceptors (Lipinski definition) is 5. The number of amides is 1. The Kier molecular flexibility index (Phi) is 7.80. The SMILES string of the molecule is O=C(C=Cc1ccc(S(=O)(=O)N2CCCCCC2)cc1)OCC(=O)N1CCc2ccccc2C1. The van der Waals surface area contributed by atoms with Crippen LogP contribution in [0.15, 0.2) is 59.5 Å². The standard InChI is InChI=1S/C26H30N2O5S/c29-25(27-18-15-22-7-3-4-8-23(22)19-27)20-33-26(30)14-11-21-9-12-24(13-10-21)34(31,32)28-16-5-1-2-6-17-28/h3-4,7-14H,1-2,5-6,15-20H2.